The summed E-state index contributed by atoms with van der Waals surface area (Å²) in [7, 11) is 0. The number of anilines is 1. The molecule has 1 aromatic carbocycles. The molecule has 1 atom stereocenters. The van der Waals surface area contributed by atoms with Gasteiger partial charge in [-0.2, -0.15) is 0 Å². The Bertz CT molecular complexity index is 444. The van der Waals surface area contributed by atoms with E-state index in [0.717, 1.165) is 24.1 Å². The first-order chi connectivity index (χ1) is 8.99. The lowest BCUT2D eigenvalue weighted by Crippen LogP contribution is -2.15. The van der Waals surface area contributed by atoms with Gasteiger partial charge in [0.1, 0.15) is 0 Å². The number of rotatable bonds is 6. The average Bonchev–Trinajstić information content (AvgIpc) is 2.31. The standard InChI is InChI=1S/C17H25NO/c1-13(2)8-7-9-14(3)12-17(19)18-16-11-6-5-10-15(16)4/h5-6,8,10-11,14H,7,9,12H2,1-4H3,(H,18,19). The Labute approximate surface area is 116 Å². The molecular weight excluding hydrogens is 234 g/mol. The van der Waals surface area contributed by atoms with E-state index in [9.17, 15) is 4.79 Å². The first-order valence-corrected chi connectivity index (χ1v) is 6.98. The van der Waals surface area contributed by atoms with Crippen molar-refractivity contribution < 1.29 is 4.79 Å². The van der Waals surface area contributed by atoms with Gasteiger partial charge in [0, 0.05) is 12.1 Å². The van der Waals surface area contributed by atoms with Crippen LogP contribution in [0.2, 0.25) is 0 Å². The van der Waals surface area contributed by atoms with E-state index in [1.807, 2.05) is 31.2 Å². The zero-order valence-electron chi connectivity index (χ0n) is 12.5. The molecule has 104 valence electrons. The normalized spacial score (nSPS) is 11.8. The van der Waals surface area contributed by atoms with E-state index in [-0.39, 0.29) is 5.91 Å². The van der Waals surface area contributed by atoms with Crippen LogP contribution in [0.15, 0.2) is 35.9 Å². The third-order valence-corrected chi connectivity index (χ3v) is 3.17. The first-order valence-electron chi connectivity index (χ1n) is 6.98. The highest BCUT2D eigenvalue weighted by Crippen LogP contribution is 2.16. The molecule has 1 rings (SSSR count). The third kappa shape index (κ3) is 6.23. The van der Waals surface area contributed by atoms with Crippen LogP contribution in [0.3, 0.4) is 0 Å². The van der Waals surface area contributed by atoms with Crippen molar-refractivity contribution in [3.05, 3.63) is 41.5 Å². The van der Waals surface area contributed by atoms with Crippen LogP contribution in [0.4, 0.5) is 5.69 Å². The number of allylic oxidation sites excluding steroid dienone is 2. The second-order valence-corrected chi connectivity index (χ2v) is 5.53. The second kappa shape index (κ2) is 7.78. The molecule has 0 aliphatic rings. The number of nitrogens with one attached hydrogen (secondary N) is 1. The highest BCUT2D eigenvalue weighted by atomic mass is 16.1. The largest absolute Gasteiger partial charge is 0.326 e. The molecule has 0 aliphatic heterocycles. The topological polar surface area (TPSA) is 29.1 Å². The van der Waals surface area contributed by atoms with Crippen LogP contribution in [0.1, 0.15) is 45.6 Å². The van der Waals surface area contributed by atoms with Gasteiger partial charge in [-0.15, -0.1) is 0 Å². The third-order valence-electron chi connectivity index (χ3n) is 3.17. The minimum Gasteiger partial charge on any atom is -0.326 e. The number of aryl methyl sites for hydroxylation is 1. The SMILES string of the molecule is CC(C)=CCCC(C)CC(=O)Nc1ccccc1C. The van der Waals surface area contributed by atoms with Crippen LogP contribution < -0.4 is 5.32 Å². The van der Waals surface area contributed by atoms with E-state index in [1.54, 1.807) is 0 Å². The molecule has 0 heterocycles. The maximum Gasteiger partial charge on any atom is 0.224 e. The molecule has 0 saturated carbocycles. The number of carbonyl (C=O) groups excluding carboxylic acids is 1. The summed E-state index contributed by atoms with van der Waals surface area (Å²) in [6.07, 6.45) is 4.94. The first kappa shape index (κ1) is 15.5. The zero-order chi connectivity index (χ0) is 14.3. The molecule has 0 bridgehead atoms. The van der Waals surface area contributed by atoms with Crippen molar-refractivity contribution in [1.82, 2.24) is 0 Å². The van der Waals surface area contributed by atoms with Crippen LogP contribution in [0, 0.1) is 12.8 Å². The van der Waals surface area contributed by atoms with Gasteiger partial charge >= 0.3 is 0 Å². The smallest absolute Gasteiger partial charge is 0.224 e. The summed E-state index contributed by atoms with van der Waals surface area (Å²) in [5, 5.41) is 2.99. The van der Waals surface area contributed by atoms with E-state index in [0.29, 0.717) is 12.3 Å². The van der Waals surface area contributed by atoms with Gasteiger partial charge in [-0.25, -0.2) is 0 Å². The van der Waals surface area contributed by atoms with Gasteiger partial charge in [0.2, 0.25) is 5.91 Å². The molecule has 0 aliphatic carbocycles. The summed E-state index contributed by atoms with van der Waals surface area (Å²) in [5.41, 5.74) is 3.37. The van der Waals surface area contributed by atoms with Gasteiger partial charge in [-0.3, -0.25) is 4.79 Å². The average molecular weight is 259 g/mol. The highest BCUT2D eigenvalue weighted by Gasteiger charge is 2.09. The number of carbonyl (C=O) groups is 1. The van der Waals surface area contributed by atoms with Crippen molar-refractivity contribution in [2.24, 2.45) is 5.92 Å². The van der Waals surface area contributed by atoms with Gasteiger partial charge in [0.15, 0.2) is 0 Å². The fourth-order valence-electron chi connectivity index (χ4n) is 1.99. The van der Waals surface area contributed by atoms with Gasteiger partial charge in [0.05, 0.1) is 0 Å². The summed E-state index contributed by atoms with van der Waals surface area (Å²) < 4.78 is 0. The van der Waals surface area contributed by atoms with Crippen LogP contribution >= 0.6 is 0 Å². The van der Waals surface area contributed by atoms with Gasteiger partial charge in [-0.05, 0) is 51.2 Å². The van der Waals surface area contributed by atoms with Crippen molar-refractivity contribution in [3.8, 4) is 0 Å². The lowest BCUT2D eigenvalue weighted by Gasteiger charge is -2.12. The lowest BCUT2D eigenvalue weighted by molar-refractivity contribution is -0.117. The van der Waals surface area contributed by atoms with Crippen molar-refractivity contribution in [2.75, 3.05) is 5.32 Å². The van der Waals surface area contributed by atoms with Gasteiger partial charge in [0.25, 0.3) is 0 Å². The van der Waals surface area contributed by atoms with Crippen molar-refractivity contribution in [1.29, 1.82) is 0 Å². The number of benzene rings is 1. The number of hydrogen-bond acceptors (Lipinski definition) is 1. The maximum atomic E-state index is 11.9. The summed E-state index contributed by atoms with van der Waals surface area (Å²) in [5.74, 6) is 0.526. The Morgan fingerprint density at radius 2 is 2.00 bits per heavy atom. The summed E-state index contributed by atoms with van der Waals surface area (Å²) in [6, 6.07) is 7.88. The highest BCUT2D eigenvalue weighted by molar-refractivity contribution is 5.91. The minimum absolute atomic E-state index is 0.110. The Morgan fingerprint density at radius 1 is 1.32 bits per heavy atom. The van der Waals surface area contributed by atoms with Crippen LogP contribution in [0.25, 0.3) is 0 Å². The number of para-hydroxylation sites is 1. The predicted molar refractivity (Wildman–Crippen MR) is 82.3 cm³/mol. The lowest BCUT2D eigenvalue weighted by atomic mass is 10.0. The van der Waals surface area contributed by atoms with Gasteiger partial charge < -0.3 is 5.32 Å². The zero-order valence-corrected chi connectivity index (χ0v) is 12.5. The van der Waals surface area contributed by atoms with E-state index in [2.05, 4.69) is 32.2 Å². The predicted octanol–water partition coefficient (Wildman–Crippen LogP) is 4.71. The molecular formula is C17H25NO. The van der Waals surface area contributed by atoms with E-state index in [4.69, 9.17) is 0 Å². The summed E-state index contributed by atoms with van der Waals surface area (Å²) in [4.78, 5) is 11.9. The maximum absolute atomic E-state index is 11.9. The molecule has 1 unspecified atom stereocenters. The fourth-order valence-corrected chi connectivity index (χ4v) is 1.99. The molecule has 0 saturated heterocycles. The van der Waals surface area contributed by atoms with Crippen LogP contribution in [0.5, 0.6) is 0 Å². The Balaban J connectivity index is 2.39. The number of amides is 1. The quantitative estimate of drug-likeness (QED) is 0.737. The van der Waals surface area contributed by atoms with Crippen molar-refractivity contribution >= 4 is 11.6 Å². The number of hydrogen-bond donors (Lipinski definition) is 1. The summed E-state index contributed by atoms with van der Waals surface area (Å²) in [6.45, 7) is 8.36. The molecule has 19 heavy (non-hydrogen) atoms. The molecule has 1 aromatic rings. The van der Waals surface area contributed by atoms with Gasteiger partial charge in [-0.1, -0.05) is 36.8 Å². The van der Waals surface area contributed by atoms with E-state index < -0.39 is 0 Å². The molecule has 1 N–H and O–H groups in total. The summed E-state index contributed by atoms with van der Waals surface area (Å²) >= 11 is 0. The van der Waals surface area contributed by atoms with E-state index in [1.165, 1.54) is 5.57 Å². The van der Waals surface area contributed by atoms with E-state index >= 15 is 0 Å². The molecule has 2 heteroatoms. The Kier molecular flexibility index (Phi) is 6.34. The molecule has 0 radical (unpaired) electrons. The van der Waals surface area contributed by atoms with Crippen molar-refractivity contribution in [2.45, 2.75) is 47.0 Å². The fraction of sp³-hybridized carbons (Fsp3) is 0.471. The van der Waals surface area contributed by atoms with Crippen LogP contribution in [-0.4, -0.2) is 5.91 Å². The molecule has 0 aromatic heterocycles. The molecule has 0 spiro atoms. The molecule has 2 nitrogen and oxygen atoms in total. The Morgan fingerprint density at radius 3 is 2.63 bits per heavy atom. The van der Waals surface area contributed by atoms with Crippen LogP contribution in [-0.2, 0) is 4.79 Å². The molecule has 1 amide bonds. The molecule has 0 fully saturated rings. The van der Waals surface area contributed by atoms with Crippen molar-refractivity contribution in [3.63, 3.8) is 0 Å². The Hall–Kier alpha value is -1.57. The minimum atomic E-state index is 0.110. The second-order valence-electron chi connectivity index (χ2n) is 5.53. The monoisotopic (exact) mass is 259 g/mol.